The molecule has 0 spiro atoms. The molecule has 0 unspecified atom stereocenters. The minimum Gasteiger partial charge on any atom is -0.0683 e. The third-order valence-corrected chi connectivity index (χ3v) is 23.5. The van der Waals surface area contributed by atoms with Crippen LogP contribution in [0.3, 0.4) is 0 Å². The fourth-order valence-electron chi connectivity index (χ4n) is 16.5. The van der Waals surface area contributed by atoms with Crippen LogP contribution < -0.4 is 0 Å². The molecular weight excluding hydrogens is 1630 g/mol. The average Bonchev–Trinajstić information content (AvgIpc) is 0.755. The van der Waals surface area contributed by atoms with Gasteiger partial charge in [0.1, 0.15) is 0 Å². The molecule has 0 bridgehead atoms. The zero-order chi connectivity index (χ0) is 101. The standard InChI is InChI=1S/5C16H14.3C12H12.10C2H6/c1-11-3-7-15-13(9-11)5-6-14-10-12(2)4-8-16(14)15;1-11-3-5-13-10-16-8-12(2)4-6-14(16)9-15(13)7-11;1-11-5-3-7-13-10-16-12(2)6-4-8-14(16)9-15(11)13;1-11-13-7-3-5-9-15(13)12(2)16-10-6-4-8-14(11)16;1-11-7-8-13-10-12(2)14-5-3-4-6-15(14)16(13)9-11;1-9-5-3-8-12-10(2)6-4-7-11(9)12;1-9-7-11-5-3-4-6-12(11)8-10(9)2;1-9-7-8-11-5-3-4-6-12(11)10(9)2;10*1-2/h5*3-10H,1-2H3;3*3-8H,1-2H3;10*1-2H3. The van der Waals surface area contributed by atoms with Crippen molar-refractivity contribution in [2.45, 2.75) is 249 Å². The van der Waals surface area contributed by atoms with E-state index >= 15 is 0 Å². The van der Waals surface area contributed by atoms with Crippen molar-refractivity contribution in [2.75, 3.05) is 0 Å². The van der Waals surface area contributed by atoms with E-state index in [1.807, 2.05) is 138 Å². The maximum absolute atomic E-state index is 2.30. The first-order valence-electron chi connectivity index (χ1n) is 50.9. The van der Waals surface area contributed by atoms with Crippen molar-refractivity contribution >= 4 is 140 Å². The number of aryl methyl sites for hydroxylation is 16. The highest BCUT2D eigenvalue weighted by Crippen LogP contribution is 2.35. The summed E-state index contributed by atoms with van der Waals surface area (Å²) in [5, 5.41) is 35.1. The van der Waals surface area contributed by atoms with Gasteiger partial charge in [0.25, 0.3) is 0 Å². The van der Waals surface area contributed by atoms with Crippen molar-refractivity contribution < 1.29 is 0 Å². The lowest BCUT2D eigenvalue weighted by Crippen LogP contribution is -1.87. The molecule has 0 fully saturated rings. The predicted octanol–water partition coefficient (Wildman–Crippen LogP) is 43.7. The largest absolute Gasteiger partial charge is 0.0683 e. The second-order valence-electron chi connectivity index (χ2n) is 32.1. The van der Waals surface area contributed by atoms with Crippen molar-refractivity contribution in [3.8, 4) is 0 Å². The lowest BCUT2D eigenvalue weighted by molar-refractivity contribution is 1.37. The summed E-state index contributed by atoms with van der Waals surface area (Å²) in [7, 11) is 0. The van der Waals surface area contributed by atoms with Crippen molar-refractivity contribution in [1.82, 2.24) is 0 Å². The predicted molar refractivity (Wildman–Crippen MR) is 628 cm³/mol. The Bertz CT molecular complexity index is 6790. The van der Waals surface area contributed by atoms with Crippen LogP contribution in [0.5, 0.6) is 0 Å². The summed E-state index contributed by atoms with van der Waals surface area (Å²) < 4.78 is 0. The van der Waals surface area contributed by atoms with E-state index in [0.29, 0.717) is 0 Å². The Labute approximate surface area is 824 Å². The summed E-state index contributed by atoms with van der Waals surface area (Å²) in [6, 6.07) is 127. The number of benzene rings is 21. The second kappa shape index (κ2) is 61.1. The molecular formula is C136H166. The van der Waals surface area contributed by atoms with E-state index in [4.69, 9.17) is 0 Å². The highest BCUT2D eigenvalue weighted by molar-refractivity contribution is 6.11. The van der Waals surface area contributed by atoms with Crippen LogP contribution in [0, 0.1) is 111 Å². The van der Waals surface area contributed by atoms with Crippen LogP contribution >= 0.6 is 0 Å². The summed E-state index contributed by atoms with van der Waals surface area (Å²) in [6.45, 7) is 74.6. The van der Waals surface area contributed by atoms with Crippen LogP contribution in [-0.4, -0.2) is 0 Å². The average molecular weight is 1800 g/mol. The molecule has 710 valence electrons. The maximum atomic E-state index is 2.30. The molecule has 0 aliphatic heterocycles. The quantitative estimate of drug-likeness (QED) is 0.105. The summed E-state index contributed by atoms with van der Waals surface area (Å²) >= 11 is 0. The Hall–Kier alpha value is -13.0. The lowest BCUT2D eigenvalue weighted by atomic mass is 9.93. The normalized spacial score (nSPS) is 9.76. The van der Waals surface area contributed by atoms with E-state index in [1.54, 1.807) is 0 Å². The number of rotatable bonds is 0. The maximum Gasteiger partial charge on any atom is -0.0103 e. The van der Waals surface area contributed by atoms with Crippen LogP contribution in [0.1, 0.15) is 227 Å². The van der Waals surface area contributed by atoms with Crippen LogP contribution in [0.25, 0.3) is 140 Å². The minimum atomic E-state index is 1.32. The van der Waals surface area contributed by atoms with Gasteiger partial charge in [0.05, 0.1) is 0 Å². The molecule has 136 heavy (non-hydrogen) atoms. The highest BCUT2D eigenvalue weighted by atomic mass is 14.1. The number of hydrogen-bond acceptors (Lipinski definition) is 0. The molecule has 0 heteroatoms. The molecule has 0 aliphatic rings. The van der Waals surface area contributed by atoms with Crippen LogP contribution in [0.4, 0.5) is 0 Å². The van der Waals surface area contributed by atoms with Gasteiger partial charge in [0, 0.05) is 0 Å². The monoisotopic (exact) mass is 1800 g/mol. The fourth-order valence-corrected chi connectivity index (χ4v) is 16.5. The smallest absolute Gasteiger partial charge is 0.0103 e. The van der Waals surface area contributed by atoms with Gasteiger partial charge < -0.3 is 0 Å². The van der Waals surface area contributed by atoms with Gasteiger partial charge in [-0.15, -0.1) is 0 Å². The van der Waals surface area contributed by atoms with Gasteiger partial charge in [-0.3, -0.25) is 0 Å². The van der Waals surface area contributed by atoms with Crippen molar-refractivity contribution in [1.29, 1.82) is 0 Å². The van der Waals surface area contributed by atoms with Gasteiger partial charge >= 0.3 is 0 Å². The third-order valence-electron chi connectivity index (χ3n) is 23.5. The molecule has 0 N–H and O–H groups in total. The summed E-state index contributed by atoms with van der Waals surface area (Å²) in [5.74, 6) is 0. The van der Waals surface area contributed by atoms with Crippen molar-refractivity contribution in [3.63, 3.8) is 0 Å². The summed E-state index contributed by atoms with van der Waals surface area (Å²) in [5.41, 5.74) is 21.6. The summed E-state index contributed by atoms with van der Waals surface area (Å²) in [6.07, 6.45) is 0. The molecule has 0 heterocycles. The highest BCUT2D eigenvalue weighted by Gasteiger charge is 2.10. The molecule has 21 aromatic rings. The molecule has 21 rings (SSSR count). The first-order chi connectivity index (χ1) is 66.1. The van der Waals surface area contributed by atoms with Gasteiger partial charge in [0.15, 0.2) is 0 Å². The molecule has 0 amide bonds. The van der Waals surface area contributed by atoms with Crippen molar-refractivity contribution in [3.05, 3.63) is 441 Å². The van der Waals surface area contributed by atoms with Gasteiger partial charge in [-0.2, -0.15) is 0 Å². The van der Waals surface area contributed by atoms with Crippen LogP contribution in [0.2, 0.25) is 0 Å². The molecule has 0 radical (unpaired) electrons. The Kier molecular flexibility index (Phi) is 51.8. The SMILES string of the molecule is CC.CC.CC.CC.CC.CC.CC.CC.CC.CC.Cc1c2ccccc2c(C)c2ccccc12.Cc1cc2ccccc2cc1C.Cc1ccc2c(ccc3cc(C)ccc32)c1.Cc1ccc2cc(C)c3ccccc3c2c1.Cc1ccc2cc3cc(C)ccc3cc2c1.Cc1ccc2ccccc2c1C.Cc1cccc2c(C)cccc12.Cc1cccc2cc3c(C)cccc3cc12. The van der Waals surface area contributed by atoms with Crippen molar-refractivity contribution in [2.24, 2.45) is 0 Å². The Morgan fingerprint density at radius 1 is 0.0956 bits per heavy atom. The van der Waals surface area contributed by atoms with Gasteiger partial charge in [-0.05, 0) is 336 Å². The fraction of sp³-hybridized carbons (Fsp3) is 0.265. The van der Waals surface area contributed by atoms with E-state index in [1.165, 1.54) is 229 Å². The zero-order valence-electron chi connectivity index (χ0n) is 90.5. The van der Waals surface area contributed by atoms with Crippen LogP contribution in [-0.2, 0) is 0 Å². The van der Waals surface area contributed by atoms with Gasteiger partial charge in [-0.1, -0.05) is 494 Å². The molecule has 0 saturated heterocycles. The lowest BCUT2D eigenvalue weighted by Gasteiger charge is -2.11. The molecule has 0 aliphatic carbocycles. The molecule has 0 atom stereocenters. The Morgan fingerprint density at radius 3 is 0.713 bits per heavy atom. The number of hydrogen-bond donors (Lipinski definition) is 0. The molecule has 0 nitrogen and oxygen atoms in total. The van der Waals surface area contributed by atoms with E-state index in [9.17, 15) is 0 Å². The third kappa shape index (κ3) is 31.0. The number of fused-ring (bicyclic) bond motifs is 15. The van der Waals surface area contributed by atoms with Gasteiger partial charge in [-0.25, -0.2) is 0 Å². The summed E-state index contributed by atoms with van der Waals surface area (Å²) in [4.78, 5) is 0. The Balaban J connectivity index is 0.000000317. The Morgan fingerprint density at radius 2 is 0.331 bits per heavy atom. The van der Waals surface area contributed by atoms with Gasteiger partial charge in [0.2, 0.25) is 0 Å². The van der Waals surface area contributed by atoms with Crippen LogP contribution in [0.15, 0.2) is 352 Å². The second-order valence-corrected chi connectivity index (χ2v) is 32.1. The topological polar surface area (TPSA) is 0 Å². The molecule has 0 aromatic heterocycles. The van der Waals surface area contributed by atoms with E-state index < -0.39 is 0 Å². The first-order valence-corrected chi connectivity index (χ1v) is 50.9. The van der Waals surface area contributed by atoms with E-state index in [-0.39, 0.29) is 0 Å². The molecule has 21 aromatic carbocycles. The zero-order valence-corrected chi connectivity index (χ0v) is 90.5. The van der Waals surface area contributed by atoms with E-state index in [2.05, 4.69) is 463 Å². The minimum absolute atomic E-state index is 1.32. The van der Waals surface area contributed by atoms with E-state index in [0.717, 1.165) is 0 Å². The first kappa shape index (κ1) is 115. The molecule has 0 saturated carbocycles.